The molecule has 2 aliphatic carbocycles. The highest BCUT2D eigenvalue weighted by atomic mass is 19.3. The lowest BCUT2D eigenvalue weighted by atomic mass is 9.73. The predicted molar refractivity (Wildman–Crippen MR) is 142 cm³/mol. The number of rotatable bonds is 9. The van der Waals surface area contributed by atoms with Gasteiger partial charge in [0.25, 0.3) is 0 Å². The van der Waals surface area contributed by atoms with Crippen molar-refractivity contribution in [2.45, 2.75) is 76.8 Å². The van der Waals surface area contributed by atoms with Gasteiger partial charge in [-0.25, -0.2) is 8.78 Å². The van der Waals surface area contributed by atoms with Gasteiger partial charge in [0.05, 0.1) is 12.7 Å². The number of nitrogens with one attached hydrogen (secondary N) is 1. The first kappa shape index (κ1) is 27.7. The molecule has 3 fully saturated rings. The average molecular weight is 544 g/mol. The minimum absolute atomic E-state index is 0.0303. The lowest BCUT2D eigenvalue weighted by Gasteiger charge is -2.42. The molecule has 2 aromatic rings. The molecule has 1 saturated heterocycles. The number of ether oxygens (including phenoxy) is 1. The quantitative estimate of drug-likeness (QED) is 0.495. The van der Waals surface area contributed by atoms with Crippen LogP contribution in [0.25, 0.3) is 0 Å². The number of aryl methyl sites for hydroxylation is 1. The van der Waals surface area contributed by atoms with E-state index in [9.17, 15) is 18.4 Å². The molecule has 39 heavy (non-hydrogen) atoms. The first-order valence-electron chi connectivity index (χ1n) is 14.2. The summed E-state index contributed by atoms with van der Waals surface area (Å²) in [7, 11) is 0. The largest absolute Gasteiger partial charge is 0.381 e. The first-order valence-corrected chi connectivity index (χ1v) is 14.2. The number of hydrogen-bond donors (Lipinski definition) is 1. The highest BCUT2D eigenvalue weighted by Gasteiger charge is 2.42. The number of amides is 2. The van der Waals surface area contributed by atoms with E-state index in [2.05, 4.69) is 15.6 Å². The number of carbonyl (C=O) groups excluding carboxylic acids is 2. The van der Waals surface area contributed by atoms with E-state index < -0.39 is 12.0 Å². The van der Waals surface area contributed by atoms with Crippen LogP contribution in [0.3, 0.4) is 0 Å². The van der Waals surface area contributed by atoms with E-state index in [0.717, 1.165) is 24.8 Å². The lowest BCUT2D eigenvalue weighted by Crippen LogP contribution is -2.53. The third kappa shape index (κ3) is 7.21. The Kier molecular flexibility index (Phi) is 8.59. The maximum absolute atomic E-state index is 14.2. The Labute approximate surface area is 228 Å². The SMILES string of the molecule is Cc1cccc(NC(=O)C(CC2CCC(F)(F)CC2)N(CCn2ccnn2)C(=O)C2C[C@H]3COC[C@@H](C2)C3)c1. The molecular weight excluding hydrogens is 504 g/mol. The van der Waals surface area contributed by atoms with Gasteiger partial charge in [-0.05, 0) is 80.9 Å². The number of fused-ring (bicyclic) bond motifs is 2. The van der Waals surface area contributed by atoms with Gasteiger partial charge in [-0.3, -0.25) is 14.3 Å². The molecule has 8 nitrogen and oxygen atoms in total. The minimum atomic E-state index is -2.65. The van der Waals surface area contributed by atoms with Gasteiger partial charge in [-0.2, -0.15) is 0 Å². The summed E-state index contributed by atoms with van der Waals surface area (Å²) in [5.74, 6) is -2.49. The fraction of sp³-hybridized carbons (Fsp3) is 0.655. The number of benzene rings is 1. The van der Waals surface area contributed by atoms with E-state index in [1.54, 1.807) is 22.0 Å². The Hall–Kier alpha value is -2.88. The average Bonchev–Trinajstić information content (AvgIpc) is 3.42. The standard InChI is InChI=1S/C29H39F2N5O3/c1-20-3-2-4-25(13-20)33-27(37)26(17-21-5-7-29(30,31)8-6-21)36(12-11-35-10-9-32-34-35)28(38)24-15-22-14-23(16-24)19-39-18-22/h2-4,9-10,13,21-24,26H,5-8,11-12,14-19H2,1H3,(H,33,37)/t22-,23+,24?,26?. The van der Waals surface area contributed by atoms with Crippen LogP contribution in [0.4, 0.5) is 14.5 Å². The molecule has 1 aromatic carbocycles. The van der Waals surface area contributed by atoms with Crippen molar-refractivity contribution in [2.75, 3.05) is 25.1 Å². The van der Waals surface area contributed by atoms with Gasteiger partial charge in [-0.15, -0.1) is 5.10 Å². The normalized spacial score (nSPS) is 25.6. The molecule has 2 amide bonds. The van der Waals surface area contributed by atoms with Crippen LogP contribution in [-0.2, 0) is 20.9 Å². The summed E-state index contributed by atoms with van der Waals surface area (Å²) in [5.41, 5.74) is 1.67. The molecule has 1 aliphatic heterocycles. The summed E-state index contributed by atoms with van der Waals surface area (Å²) in [6.45, 7) is 3.98. The van der Waals surface area contributed by atoms with Crippen LogP contribution in [-0.4, -0.2) is 63.4 Å². The Bertz CT molecular complexity index is 1110. The van der Waals surface area contributed by atoms with Crippen molar-refractivity contribution in [1.82, 2.24) is 19.9 Å². The zero-order chi connectivity index (χ0) is 27.4. The number of anilines is 1. The van der Waals surface area contributed by atoms with Crippen LogP contribution in [0, 0.1) is 30.6 Å². The van der Waals surface area contributed by atoms with Gasteiger partial charge in [0, 0.05) is 50.4 Å². The van der Waals surface area contributed by atoms with Crippen molar-refractivity contribution in [3.63, 3.8) is 0 Å². The third-order valence-electron chi connectivity index (χ3n) is 8.64. The molecular formula is C29H39F2N5O3. The Morgan fingerprint density at radius 1 is 1.18 bits per heavy atom. The van der Waals surface area contributed by atoms with Crippen molar-refractivity contribution in [2.24, 2.45) is 23.7 Å². The number of alkyl halides is 2. The smallest absolute Gasteiger partial charge is 0.248 e. The van der Waals surface area contributed by atoms with Crippen LogP contribution >= 0.6 is 0 Å². The monoisotopic (exact) mass is 543 g/mol. The first-order chi connectivity index (χ1) is 18.8. The predicted octanol–water partition coefficient (Wildman–Crippen LogP) is 4.70. The van der Waals surface area contributed by atoms with E-state index in [1.165, 1.54) is 0 Å². The molecule has 212 valence electrons. The van der Waals surface area contributed by atoms with Crippen molar-refractivity contribution < 1.29 is 23.1 Å². The number of aromatic nitrogens is 3. The summed E-state index contributed by atoms with van der Waals surface area (Å²) >= 11 is 0. The Balaban J connectivity index is 1.40. The van der Waals surface area contributed by atoms with Crippen molar-refractivity contribution in [3.8, 4) is 0 Å². The molecule has 5 rings (SSSR count). The van der Waals surface area contributed by atoms with Crippen LogP contribution < -0.4 is 5.32 Å². The summed E-state index contributed by atoms with van der Waals surface area (Å²) in [6, 6.07) is 6.77. The second-order valence-corrected chi connectivity index (χ2v) is 11.8. The van der Waals surface area contributed by atoms with Gasteiger partial charge in [0.15, 0.2) is 0 Å². The Morgan fingerprint density at radius 3 is 2.59 bits per heavy atom. The molecule has 2 heterocycles. The van der Waals surface area contributed by atoms with Crippen LogP contribution in [0.2, 0.25) is 0 Å². The molecule has 1 N–H and O–H groups in total. The highest BCUT2D eigenvalue weighted by molar-refractivity contribution is 5.97. The van der Waals surface area contributed by atoms with Gasteiger partial charge in [0.1, 0.15) is 6.04 Å². The number of hydrogen-bond acceptors (Lipinski definition) is 5. The van der Waals surface area contributed by atoms with Crippen LogP contribution in [0.1, 0.15) is 56.9 Å². The second kappa shape index (κ2) is 12.1. The van der Waals surface area contributed by atoms with Crippen molar-refractivity contribution in [3.05, 3.63) is 42.2 Å². The summed E-state index contributed by atoms with van der Waals surface area (Å²) in [5, 5.41) is 10.9. The number of halogens is 2. The molecule has 10 heteroatoms. The topological polar surface area (TPSA) is 89.4 Å². The van der Waals surface area contributed by atoms with Gasteiger partial charge in [-0.1, -0.05) is 17.3 Å². The van der Waals surface area contributed by atoms with E-state index in [1.807, 2.05) is 31.2 Å². The highest BCUT2D eigenvalue weighted by Crippen LogP contribution is 2.40. The molecule has 0 spiro atoms. The van der Waals surface area contributed by atoms with Gasteiger partial charge < -0.3 is 15.0 Å². The van der Waals surface area contributed by atoms with Gasteiger partial charge >= 0.3 is 0 Å². The molecule has 2 saturated carbocycles. The van der Waals surface area contributed by atoms with Crippen molar-refractivity contribution in [1.29, 1.82) is 0 Å². The summed E-state index contributed by atoms with van der Waals surface area (Å²) < 4.78 is 35.3. The van der Waals surface area contributed by atoms with E-state index >= 15 is 0 Å². The minimum Gasteiger partial charge on any atom is -0.381 e. The zero-order valence-corrected chi connectivity index (χ0v) is 22.6. The molecule has 4 atom stereocenters. The Morgan fingerprint density at radius 2 is 1.92 bits per heavy atom. The lowest BCUT2D eigenvalue weighted by molar-refractivity contribution is -0.147. The second-order valence-electron chi connectivity index (χ2n) is 11.8. The fourth-order valence-electron chi connectivity index (χ4n) is 6.63. The van der Waals surface area contributed by atoms with E-state index in [4.69, 9.17) is 4.74 Å². The maximum atomic E-state index is 14.2. The molecule has 1 aromatic heterocycles. The van der Waals surface area contributed by atoms with E-state index in [0.29, 0.717) is 63.1 Å². The van der Waals surface area contributed by atoms with Gasteiger partial charge in [0.2, 0.25) is 17.7 Å². The maximum Gasteiger partial charge on any atom is 0.248 e. The van der Waals surface area contributed by atoms with Crippen LogP contribution in [0.5, 0.6) is 0 Å². The third-order valence-corrected chi connectivity index (χ3v) is 8.64. The molecule has 2 bridgehead atoms. The fourth-order valence-corrected chi connectivity index (χ4v) is 6.63. The molecule has 2 unspecified atom stereocenters. The van der Waals surface area contributed by atoms with Crippen molar-refractivity contribution >= 4 is 17.5 Å². The summed E-state index contributed by atoms with van der Waals surface area (Å²) in [4.78, 5) is 29.8. The molecule has 0 radical (unpaired) electrons. The number of nitrogens with zero attached hydrogens (tertiary/aromatic N) is 4. The van der Waals surface area contributed by atoms with Crippen LogP contribution in [0.15, 0.2) is 36.7 Å². The molecule has 3 aliphatic rings. The van der Waals surface area contributed by atoms with E-state index in [-0.39, 0.29) is 36.5 Å². The summed E-state index contributed by atoms with van der Waals surface area (Å²) in [6.07, 6.45) is 6.58. The zero-order valence-electron chi connectivity index (χ0n) is 22.6. The number of carbonyl (C=O) groups is 2.